The molecule has 1 amide bonds. The van der Waals surface area contributed by atoms with E-state index in [1.807, 2.05) is 12.3 Å². The SMILES string of the molecule is Cc1nc(CN(C)C(=O)CCN)cs1. The third-order valence-electron chi connectivity index (χ3n) is 1.85. The van der Waals surface area contributed by atoms with Crippen molar-refractivity contribution in [2.75, 3.05) is 13.6 Å². The Morgan fingerprint density at radius 3 is 2.93 bits per heavy atom. The second-order valence-electron chi connectivity index (χ2n) is 3.15. The molecule has 78 valence electrons. The molecule has 0 aliphatic rings. The van der Waals surface area contributed by atoms with E-state index >= 15 is 0 Å². The second-order valence-corrected chi connectivity index (χ2v) is 4.21. The van der Waals surface area contributed by atoms with Gasteiger partial charge in [0.15, 0.2) is 0 Å². The van der Waals surface area contributed by atoms with Gasteiger partial charge in [0.25, 0.3) is 0 Å². The van der Waals surface area contributed by atoms with Crippen LogP contribution in [0.5, 0.6) is 0 Å². The van der Waals surface area contributed by atoms with Crippen molar-refractivity contribution in [3.05, 3.63) is 16.1 Å². The first-order valence-corrected chi connectivity index (χ1v) is 5.36. The normalized spacial score (nSPS) is 10.2. The molecule has 1 aromatic heterocycles. The Hall–Kier alpha value is -0.940. The largest absolute Gasteiger partial charge is 0.340 e. The third kappa shape index (κ3) is 3.08. The number of hydrogen-bond donors (Lipinski definition) is 1. The van der Waals surface area contributed by atoms with Crippen LogP contribution >= 0.6 is 11.3 Å². The maximum Gasteiger partial charge on any atom is 0.223 e. The van der Waals surface area contributed by atoms with E-state index < -0.39 is 0 Å². The number of aromatic nitrogens is 1. The number of nitrogens with zero attached hydrogens (tertiary/aromatic N) is 2. The summed E-state index contributed by atoms with van der Waals surface area (Å²) in [7, 11) is 1.77. The van der Waals surface area contributed by atoms with Crippen molar-refractivity contribution in [2.24, 2.45) is 5.73 Å². The Kier molecular flexibility index (Phi) is 4.03. The van der Waals surface area contributed by atoms with Crippen LogP contribution in [0.15, 0.2) is 5.38 Å². The Balaban J connectivity index is 2.48. The molecule has 2 N–H and O–H groups in total. The number of hydrogen-bond acceptors (Lipinski definition) is 4. The van der Waals surface area contributed by atoms with Gasteiger partial charge in [0, 0.05) is 25.4 Å². The molecule has 1 rings (SSSR count). The van der Waals surface area contributed by atoms with Crippen molar-refractivity contribution >= 4 is 17.2 Å². The van der Waals surface area contributed by atoms with Crippen molar-refractivity contribution in [2.45, 2.75) is 19.9 Å². The van der Waals surface area contributed by atoms with Crippen LogP contribution in [0.25, 0.3) is 0 Å². The number of amides is 1. The Morgan fingerprint density at radius 1 is 1.71 bits per heavy atom. The van der Waals surface area contributed by atoms with E-state index in [-0.39, 0.29) is 5.91 Å². The van der Waals surface area contributed by atoms with Crippen molar-refractivity contribution in [1.82, 2.24) is 9.88 Å². The van der Waals surface area contributed by atoms with E-state index in [0.29, 0.717) is 19.5 Å². The minimum absolute atomic E-state index is 0.0677. The lowest BCUT2D eigenvalue weighted by molar-refractivity contribution is -0.130. The molecule has 5 heteroatoms. The molecule has 0 saturated carbocycles. The minimum Gasteiger partial charge on any atom is -0.340 e. The van der Waals surface area contributed by atoms with E-state index in [9.17, 15) is 4.79 Å². The fraction of sp³-hybridized carbons (Fsp3) is 0.556. The van der Waals surface area contributed by atoms with Crippen LogP contribution in [0.4, 0.5) is 0 Å². The van der Waals surface area contributed by atoms with Crippen molar-refractivity contribution in [1.29, 1.82) is 0 Å². The maximum atomic E-state index is 11.4. The van der Waals surface area contributed by atoms with Gasteiger partial charge in [-0.1, -0.05) is 0 Å². The predicted octanol–water partition coefficient (Wildman–Crippen LogP) is 0.759. The van der Waals surface area contributed by atoms with E-state index in [2.05, 4.69) is 4.98 Å². The molecule has 0 atom stereocenters. The summed E-state index contributed by atoms with van der Waals surface area (Å²) < 4.78 is 0. The molecular formula is C9H15N3OS. The van der Waals surface area contributed by atoms with Gasteiger partial charge >= 0.3 is 0 Å². The number of aryl methyl sites for hydroxylation is 1. The Bertz CT molecular complexity index is 311. The quantitative estimate of drug-likeness (QED) is 0.803. The molecule has 14 heavy (non-hydrogen) atoms. The smallest absolute Gasteiger partial charge is 0.223 e. The molecule has 0 unspecified atom stereocenters. The van der Waals surface area contributed by atoms with Crippen LogP contribution in [0.1, 0.15) is 17.1 Å². The average Bonchev–Trinajstić information content (AvgIpc) is 2.51. The lowest BCUT2D eigenvalue weighted by Gasteiger charge is -2.14. The van der Waals surface area contributed by atoms with Gasteiger partial charge in [0.1, 0.15) is 0 Å². The summed E-state index contributed by atoms with van der Waals surface area (Å²) in [5, 5.41) is 3.00. The first-order chi connectivity index (χ1) is 6.63. The van der Waals surface area contributed by atoms with E-state index in [4.69, 9.17) is 5.73 Å². The monoisotopic (exact) mass is 213 g/mol. The number of thiazole rings is 1. The fourth-order valence-electron chi connectivity index (χ4n) is 1.13. The third-order valence-corrected chi connectivity index (χ3v) is 2.67. The molecule has 0 fully saturated rings. The fourth-order valence-corrected chi connectivity index (χ4v) is 1.73. The van der Waals surface area contributed by atoms with Gasteiger partial charge in [-0.15, -0.1) is 11.3 Å². The summed E-state index contributed by atoms with van der Waals surface area (Å²) in [4.78, 5) is 17.3. The summed E-state index contributed by atoms with van der Waals surface area (Å²) in [5.74, 6) is 0.0677. The molecule has 0 saturated heterocycles. The number of nitrogens with two attached hydrogens (primary N) is 1. The summed E-state index contributed by atoms with van der Waals surface area (Å²) >= 11 is 1.60. The summed E-state index contributed by atoms with van der Waals surface area (Å²) in [6.45, 7) is 2.93. The summed E-state index contributed by atoms with van der Waals surface area (Å²) in [5.41, 5.74) is 6.25. The van der Waals surface area contributed by atoms with Gasteiger partial charge < -0.3 is 10.6 Å². The molecule has 0 aromatic carbocycles. The highest BCUT2D eigenvalue weighted by atomic mass is 32.1. The Labute approximate surface area is 87.7 Å². The minimum atomic E-state index is 0.0677. The molecule has 0 aliphatic carbocycles. The highest BCUT2D eigenvalue weighted by Gasteiger charge is 2.09. The van der Waals surface area contributed by atoms with Crippen LogP contribution in [-0.2, 0) is 11.3 Å². The van der Waals surface area contributed by atoms with E-state index in [0.717, 1.165) is 10.7 Å². The molecule has 0 radical (unpaired) electrons. The molecule has 0 aliphatic heterocycles. The van der Waals surface area contributed by atoms with Crippen LogP contribution < -0.4 is 5.73 Å². The van der Waals surface area contributed by atoms with E-state index in [1.165, 1.54) is 0 Å². The van der Waals surface area contributed by atoms with Crippen LogP contribution in [0.3, 0.4) is 0 Å². The topological polar surface area (TPSA) is 59.2 Å². The van der Waals surface area contributed by atoms with Gasteiger partial charge in [0.05, 0.1) is 17.2 Å². The van der Waals surface area contributed by atoms with Gasteiger partial charge in [-0.05, 0) is 6.92 Å². The summed E-state index contributed by atoms with van der Waals surface area (Å²) in [6.07, 6.45) is 0.402. The zero-order chi connectivity index (χ0) is 10.6. The van der Waals surface area contributed by atoms with Gasteiger partial charge in [0.2, 0.25) is 5.91 Å². The lowest BCUT2D eigenvalue weighted by Crippen LogP contribution is -2.28. The first kappa shape index (κ1) is 11.1. The standard InChI is InChI=1S/C9H15N3OS/c1-7-11-8(6-14-7)5-12(2)9(13)3-4-10/h6H,3-5,10H2,1-2H3. The van der Waals surface area contributed by atoms with Gasteiger partial charge in [-0.3, -0.25) is 4.79 Å². The maximum absolute atomic E-state index is 11.4. The first-order valence-electron chi connectivity index (χ1n) is 4.48. The second kappa shape index (κ2) is 5.07. The Morgan fingerprint density at radius 2 is 2.43 bits per heavy atom. The molecule has 0 bridgehead atoms. The molecule has 0 spiro atoms. The van der Waals surface area contributed by atoms with Crippen LogP contribution in [0, 0.1) is 6.92 Å². The molecule has 1 heterocycles. The van der Waals surface area contributed by atoms with Crippen LogP contribution in [0.2, 0.25) is 0 Å². The highest BCUT2D eigenvalue weighted by Crippen LogP contribution is 2.09. The molecule has 4 nitrogen and oxygen atoms in total. The molecule has 1 aromatic rings. The van der Waals surface area contributed by atoms with Gasteiger partial charge in [-0.2, -0.15) is 0 Å². The number of carbonyl (C=O) groups excluding carboxylic acids is 1. The predicted molar refractivity (Wildman–Crippen MR) is 57.0 cm³/mol. The number of rotatable bonds is 4. The van der Waals surface area contributed by atoms with E-state index in [1.54, 1.807) is 23.3 Å². The average molecular weight is 213 g/mol. The number of carbonyl (C=O) groups is 1. The lowest BCUT2D eigenvalue weighted by atomic mass is 10.3. The van der Waals surface area contributed by atoms with Crippen molar-refractivity contribution < 1.29 is 4.79 Å². The zero-order valence-corrected chi connectivity index (χ0v) is 9.30. The zero-order valence-electron chi connectivity index (χ0n) is 8.49. The van der Waals surface area contributed by atoms with Crippen LogP contribution in [-0.4, -0.2) is 29.4 Å². The van der Waals surface area contributed by atoms with Crippen molar-refractivity contribution in [3.63, 3.8) is 0 Å². The highest BCUT2D eigenvalue weighted by molar-refractivity contribution is 7.09. The summed E-state index contributed by atoms with van der Waals surface area (Å²) in [6, 6.07) is 0. The molecular weight excluding hydrogens is 198 g/mol. The van der Waals surface area contributed by atoms with Gasteiger partial charge in [-0.25, -0.2) is 4.98 Å². The van der Waals surface area contributed by atoms with Crippen molar-refractivity contribution in [3.8, 4) is 0 Å².